The van der Waals surface area contributed by atoms with Crippen molar-refractivity contribution in [1.82, 2.24) is 0 Å². The Kier molecular flexibility index (Phi) is 6.53. The quantitative estimate of drug-likeness (QED) is 0.322. The molecule has 1 atom stereocenters. The van der Waals surface area contributed by atoms with Crippen molar-refractivity contribution in [2.24, 2.45) is 4.99 Å². The van der Waals surface area contributed by atoms with Gasteiger partial charge in [0.05, 0.1) is 17.3 Å². The van der Waals surface area contributed by atoms with Crippen LogP contribution in [0.25, 0.3) is 0 Å². The first-order valence-corrected chi connectivity index (χ1v) is 10.1. The summed E-state index contributed by atoms with van der Waals surface area (Å²) in [6.45, 7) is 6.51. The number of nitrogens with zero attached hydrogens (tertiary/aromatic N) is 2. The molecule has 0 saturated carbocycles. The van der Waals surface area contributed by atoms with Gasteiger partial charge in [-0.15, -0.1) is 4.58 Å². The second-order valence-corrected chi connectivity index (χ2v) is 7.09. The van der Waals surface area contributed by atoms with E-state index >= 15 is 0 Å². The lowest BCUT2D eigenvalue weighted by Crippen LogP contribution is -3.10. The van der Waals surface area contributed by atoms with Gasteiger partial charge < -0.3 is 12.6 Å². The number of benzene rings is 2. The first kappa shape index (κ1) is 18.7. The van der Waals surface area contributed by atoms with Crippen LogP contribution in [0.15, 0.2) is 59.6 Å². The summed E-state index contributed by atoms with van der Waals surface area (Å²) < 4.78 is 2.40. The number of amidine groups is 1. The molecule has 26 heavy (non-hydrogen) atoms. The Morgan fingerprint density at radius 1 is 0.962 bits per heavy atom. The van der Waals surface area contributed by atoms with Crippen molar-refractivity contribution in [2.45, 2.75) is 39.5 Å². The van der Waals surface area contributed by atoms with E-state index in [-0.39, 0.29) is 0 Å². The number of para-hydroxylation sites is 3. The smallest absolute Gasteiger partial charge is 0.372 e. The first-order valence-electron chi connectivity index (χ1n) is 9.67. The van der Waals surface area contributed by atoms with E-state index in [1.807, 2.05) is 30.3 Å². The van der Waals surface area contributed by atoms with Gasteiger partial charge in [0.15, 0.2) is 6.54 Å². The second-order valence-electron chi connectivity index (χ2n) is 6.71. The highest BCUT2D eigenvalue weighted by Crippen LogP contribution is 2.26. The van der Waals surface area contributed by atoms with Crippen molar-refractivity contribution in [2.75, 3.05) is 13.1 Å². The minimum atomic E-state index is 0.703. The maximum atomic E-state index is 5.83. The zero-order valence-electron chi connectivity index (χ0n) is 15.7. The maximum absolute atomic E-state index is 5.83. The molecular formula is C22H28N3S+. The number of rotatable bonds is 8. The minimum absolute atomic E-state index is 0.703. The van der Waals surface area contributed by atoms with Gasteiger partial charge in [0.2, 0.25) is 5.69 Å². The van der Waals surface area contributed by atoms with Gasteiger partial charge in [-0.1, -0.05) is 57.0 Å². The van der Waals surface area contributed by atoms with Gasteiger partial charge in [-0.3, -0.25) is 4.99 Å². The topological polar surface area (TPSA) is 19.8 Å². The molecule has 0 radical (unpaired) electrons. The third-order valence-electron chi connectivity index (χ3n) is 4.78. The van der Waals surface area contributed by atoms with E-state index in [2.05, 4.69) is 42.7 Å². The van der Waals surface area contributed by atoms with Gasteiger partial charge in [-0.25, -0.2) is 4.90 Å². The molecule has 0 saturated heterocycles. The van der Waals surface area contributed by atoms with Crippen molar-refractivity contribution < 1.29 is 9.48 Å². The van der Waals surface area contributed by atoms with E-state index < -0.39 is 0 Å². The van der Waals surface area contributed by atoms with Crippen molar-refractivity contribution in [3.8, 4) is 0 Å². The fourth-order valence-electron chi connectivity index (χ4n) is 3.45. The van der Waals surface area contributed by atoms with Crippen LogP contribution in [0, 0.1) is 0 Å². The Bertz CT molecular complexity index is 796. The number of quaternary nitrogens is 1. The van der Waals surface area contributed by atoms with Crippen LogP contribution in [0.5, 0.6) is 0 Å². The lowest BCUT2D eigenvalue weighted by molar-refractivity contribution is -0.740. The largest absolute Gasteiger partial charge is 0.748 e. The van der Waals surface area contributed by atoms with Crippen molar-refractivity contribution in [3.05, 3.63) is 54.6 Å². The average Bonchev–Trinajstić information content (AvgIpc) is 2.99. The van der Waals surface area contributed by atoms with Gasteiger partial charge in [-0.2, -0.15) is 0 Å². The van der Waals surface area contributed by atoms with Gasteiger partial charge >= 0.3 is 5.84 Å². The Balaban J connectivity index is 2.07. The molecule has 0 spiro atoms. The molecule has 0 amide bonds. The lowest BCUT2D eigenvalue weighted by atomic mass is 10.2. The molecule has 0 aliphatic carbocycles. The molecule has 1 aliphatic heterocycles. The van der Waals surface area contributed by atoms with Gasteiger partial charge in [0.25, 0.3) is 5.69 Å². The van der Waals surface area contributed by atoms with Crippen LogP contribution in [0.3, 0.4) is 0 Å². The molecule has 136 valence electrons. The SMILES string of the molecule is CCCC[N+]1=C(C([S-])=Nc2ccccc2)[NH+](CCCC)c2ccccc21. The summed E-state index contributed by atoms with van der Waals surface area (Å²) in [5, 5.41) is 0.703. The zero-order chi connectivity index (χ0) is 18.4. The van der Waals surface area contributed by atoms with Crippen LogP contribution in [0.1, 0.15) is 39.5 Å². The summed E-state index contributed by atoms with van der Waals surface area (Å²) in [5.41, 5.74) is 3.54. The number of nitrogens with one attached hydrogen (secondary N) is 1. The monoisotopic (exact) mass is 366 g/mol. The number of fused-ring (bicyclic) bond motifs is 1. The third kappa shape index (κ3) is 4.02. The van der Waals surface area contributed by atoms with E-state index in [1.54, 1.807) is 0 Å². The lowest BCUT2D eigenvalue weighted by Gasteiger charge is -2.15. The molecule has 0 fully saturated rings. The van der Waals surface area contributed by atoms with Gasteiger partial charge in [0, 0.05) is 18.6 Å². The Morgan fingerprint density at radius 3 is 2.38 bits per heavy atom. The van der Waals surface area contributed by atoms with Crippen molar-refractivity contribution in [1.29, 1.82) is 0 Å². The number of hydrogen-bond donors (Lipinski definition) is 1. The molecule has 0 aromatic heterocycles. The molecule has 0 bridgehead atoms. The van der Waals surface area contributed by atoms with E-state index in [0.29, 0.717) is 5.04 Å². The molecule has 2 aromatic rings. The Morgan fingerprint density at radius 2 is 1.65 bits per heavy atom. The first-order chi connectivity index (χ1) is 12.8. The summed E-state index contributed by atoms with van der Waals surface area (Å²) in [7, 11) is 0. The molecule has 3 nitrogen and oxygen atoms in total. The highest BCUT2D eigenvalue weighted by atomic mass is 32.1. The predicted octanol–water partition coefficient (Wildman–Crippen LogP) is 4.14. The molecule has 1 unspecified atom stereocenters. The molecule has 1 heterocycles. The molecule has 3 rings (SSSR count). The van der Waals surface area contributed by atoms with Crippen LogP contribution in [0.4, 0.5) is 17.1 Å². The normalized spacial score (nSPS) is 16.8. The summed E-state index contributed by atoms with van der Waals surface area (Å²) >= 11 is 5.83. The molecule has 1 N–H and O–H groups in total. The molecular weight excluding hydrogens is 338 g/mol. The summed E-state index contributed by atoms with van der Waals surface area (Å²) in [6.07, 6.45) is 4.66. The van der Waals surface area contributed by atoms with Crippen LogP contribution in [0.2, 0.25) is 0 Å². The zero-order valence-corrected chi connectivity index (χ0v) is 16.6. The number of aliphatic imine (C=N–C) groups is 1. The predicted molar refractivity (Wildman–Crippen MR) is 112 cm³/mol. The molecule has 4 heteroatoms. The number of hydrogen-bond acceptors (Lipinski definition) is 2. The van der Waals surface area contributed by atoms with Crippen molar-refractivity contribution in [3.63, 3.8) is 0 Å². The molecule has 1 aliphatic rings. The van der Waals surface area contributed by atoms with E-state index in [1.165, 1.54) is 35.5 Å². The summed E-state index contributed by atoms with van der Waals surface area (Å²) in [5.74, 6) is 1.15. The fraction of sp³-hybridized carbons (Fsp3) is 0.364. The Labute approximate surface area is 162 Å². The van der Waals surface area contributed by atoms with Crippen LogP contribution in [-0.2, 0) is 12.6 Å². The van der Waals surface area contributed by atoms with Crippen LogP contribution < -0.4 is 4.90 Å². The third-order valence-corrected chi connectivity index (χ3v) is 5.07. The van der Waals surface area contributed by atoms with E-state index in [4.69, 9.17) is 17.6 Å². The van der Waals surface area contributed by atoms with Crippen molar-refractivity contribution >= 4 is 40.6 Å². The van der Waals surface area contributed by atoms with E-state index in [9.17, 15) is 0 Å². The van der Waals surface area contributed by atoms with Gasteiger partial charge in [-0.05, 0) is 18.6 Å². The highest BCUT2D eigenvalue weighted by Gasteiger charge is 2.41. The van der Waals surface area contributed by atoms with Crippen LogP contribution in [-0.4, -0.2) is 28.5 Å². The fourth-order valence-corrected chi connectivity index (χ4v) is 3.79. The summed E-state index contributed by atoms with van der Waals surface area (Å²) in [4.78, 5) is 6.14. The summed E-state index contributed by atoms with van der Waals surface area (Å²) in [6, 6.07) is 18.7. The maximum Gasteiger partial charge on any atom is 0.372 e. The van der Waals surface area contributed by atoms with E-state index in [0.717, 1.165) is 31.0 Å². The second kappa shape index (κ2) is 9.06. The minimum Gasteiger partial charge on any atom is -0.748 e. The highest BCUT2D eigenvalue weighted by molar-refractivity contribution is 7.80. The van der Waals surface area contributed by atoms with Gasteiger partial charge in [0.1, 0.15) is 0 Å². The van der Waals surface area contributed by atoms with Crippen LogP contribution >= 0.6 is 0 Å². The Hall–Kier alpha value is -2.04. The number of unbranched alkanes of at least 4 members (excludes halogenated alkanes) is 2. The average molecular weight is 367 g/mol. The standard InChI is InChI=1S/C22H27N3S/c1-3-5-16-24-19-14-10-11-15-20(19)25(17-6-4-2)22(24)21(26)23-18-12-8-7-9-13-18/h7-15H,3-6,16-17H2,1-2H3/p+1. The molecule has 2 aromatic carbocycles.